The molecule has 0 fully saturated rings. The SMILES string of the molecule is CCCc1cc(C(=O)Nc2nnc(SCc3ccc(C#N)cc3)s2)sc1C. The van der Waals surface area contributed by atoms with Gasteiger partial charge in [-0.05, 0) is 42.7 Å². The van der Waals surface area contributed by atoms with E-state index >= 15 is 0 Å². The first-order valence-electron chi connectivity index (χ1n) is 8.45. The van der Waals surface area contributed by atoms with Gasteiger partial charge in [-0.1, -0.05) is 48.6 Å². The number of aromatic nitrogens is 2. The van der Waals surface area contributed by atoms with E-state index < -0.39 is 0 Å². The number of nitrogens with one attached hydrogen (secondary N) is 1. The fourth-order valence-electron chi connectivity index (χ4n) is 2.45. The molecule has 2 aromatic heterocycles. The maximum absolute atomic E-state index is 12.4. The smallest absolute Gasteiger partial charge is 0.267 e. The second-order valence-electron chi connectivity index (χ2n) is 5.87. The summed E-state index contributed by atoms with van der Waals surface area (Å²) in [6.45, 7) is 4.18. The highest BCUT2D eigenvalue weighted by atomic mass is 32.2. The van der Waals surface area contributed by atoms with E-state index in [0.29, 0.717) is 15.6 Å². The topological polar surface area (TPSA) is 78.7 Å². The van der Waals surface area contributed by atoms with Gasteiger partial charge in [0, 0.05) is 10.6 Å². The second kappa shape index (κ2) is 9.13. The van der Waals surface area contributed by atoms with Gasteiger partial charge in [0.25, 0.3) is 5.91 Å². The van der Waals surface area contributed by atoms with Crippen molar-refractivity contribution in [2.45, 2.75) is 36.8 Å². The van der Waals surface area contributed by atoms with E-state index in [1.54, 1.807) is 23.9 Å². The van der Waals surface area contributed by atoms with E-state index in [-0.39, 0.29) is 5.91 Å². The van der Waals surface area contributed by atoms with Crippen molar-refractivity contribution < 1.29 is 4.79 Å². The van der Waals surface area contributed by atoms with Crippen LogP contribution in [0.2, 0.25) is 0 Å². The molecule has 0 bridgehead atoms. The Morgan fingerprint density at radius 3 is 2.74 bits per heavy atom. The normalized spacial score (nSPS) is 10.6. The molecule has 0 unspecified atom stereocenters. The molecule has 0 aliphatic rings. The van der Waals surface area contributed by atoms with E-state index in [9.17, 15) is 4.79 Å². The number of anilines is 1. The fraction of sp³-hybridized carbons (Fsp3) is 0.263. The molecule has 0 aliphatic heterocycles. The third kappa shape index (κ3) is 5.16. The van der Waals surface area contributed by atoms with E-state index in [4.69, 9.17) is 5.26 Å². The molecule has 138 valence electrons. The number of thiophene rings is 1. The van der Waals surface area contributed by atoms with E-state index in [0.717, 1.165) is 28.5 Å². The summed E-state index contributed by atoms with van der Waals surface area (Å²) in [5, 5.41) is 20.4. The Morgan fingerprint density at radius 2 is 2.04 bits per heavy atom. The summed E-state index contributed by atoms with van der Waals surface area (Å²) < 4.78 is 0.795. The Labute approximate surface area is 170 Å². The van der Waals surface area contributed by atoms with Crippen molar-refractivity contribution in [2.24, 2.45) is 0 Å². The predicted octanol–water partition coefficient (Wildman–Crippen LogP) is 5.28. The first-order valence-corrected chi connectivity index (χ1v) is 11.1. The Balaban J connectivity index is 1.57. The second-order valence-corrected chi connectivity index (χ2v) is 9.32. The van der Waals surface area contributed by atoms with Gasteiger partial charge in [-0.2, -0.15) is 5.26 Å². The molecule has 0 saturated heterocycles. The molecule has 5 nitrogen and oxygen atoms in total. The molecular weight excluding hydrogens is 396 g/mol. The van der Waals surface area contributed by atoms with Crippen molar-refractivity contribution in [3.05, 3.63) is 56.8 Å². The van der Waals surface area contributed by atoms with Crippen LogP contribution in [-0.4, -0.2) is 16.1 Å². The van der Waals surface area contributed by atoms with E-state index in [1.807, 2.05) is 18.2 Å². The lowest BCUT2D eigenvalue weighted by molar-refractivity contribution is 0.103. The summed E-state index contributed by atoms with van der Waals surface area (Å²) in [5.74, 6) is 0.601. The van der Waals surface area contributed by atoms with Gasteiger partial charge in [-0.15, -0.1) is 21.5 Å². The van der Waals surface area contributed by atoms with Crippen LogP contribution in [0.1, 0.15) is 44.6 Å². The summed E-state index contributed by atoms with van der Waals surface area (Å²) in [6, 6.07) is 11.6. The molecule has 1 amide bonds. The molecule has 0 radical (unpaired) electrons. The van der Waals surface area contributed by atoms with Crippen LogP contribution in [0.4, 0.5) is 5.13 Å². The summed E-state index contributed by atoms with van der Waals surface area (Å²) in [7, 11) is 0. The number of aryl methyl sites for hydroxylation is 2. The number of rotatable bonds is 7. The van der Waals surface area contributed by atoms with Gasteiger partial charge in [-0.25, -0.2) is 0 Å². The Kier molecular flexibility index (Phi) is 6.61. The number of carbonyl (C=O) groups is 1. The van der Waals surface area contributed by atoms with Crippen molar-refractivity contribution in [3.63, 3.8) is 0 Å². The van der Waals surface area contributed by atoms with Crippen LogP contribution in [-0.2, 0) is 12.2 Å². The third-order valence-electron chi connectivity index (χ3n) is 3.84. The summed E-state index contributed by atoms with van der Waals surface area (Å²) >= 11 is 4.44. The molecule has 3 rings (SSSR count). The number of nitriles is 1. The summed E-state index contributed by atoms with van der Waals surface area (Å²) in [4.78, 5) is 14.3. The van der Waals surface area contributed by atoms with E-state index in [1.165, 1.54) is 33.1 Å². The number of amides is 1. The molecule has 1 aromatic carbocycles. The highest BCUT2D eigenvalue weighted by Crippen LogP contribution is 2.29. The van der Waals surface area contributed by atoms with Crippen LogP contribution in [0.5, 0.6) is 0 Å². The zero-order valence-electron chi connectivity index (χ0n) is 15.0. The van der Waals surface area contributed by atoms with Crippen molar-refractivity contribution in [1.82, 2.24) is 10.2 Å². The molecule has 0 spiro atoms. The standard InChI is InChI=1S/C19H18N4OS3/c1-3-4-15-9-16(26-12(15)2)17(24)21-18-22-23-19(27-18)25-11-14-7-5-13(10-20)6-8-14/h5-9H,3-4,11H2,1-2H3,(H,21,22,24). The number of nitrogens with zero attached hydrogens (tertiary/aromatic N) is 3. The zero-order valence-corrected chi connectivity index (χ0v) is 17.4. The zero-order chi connectivity index (χ0) is 19.2. The maximum atomic E-state index is 12.4. The average Bonchev–Trinajstić information content (AvgIpc) is 3.27. The van der Waals surface area contributed by atoms with Crippen LogP contribution >= 0.6 is 34.4 Å². The monoisotopic (exact) mass is 414 g/mol. The number of carbonyl (C=O) groups excluding carboxylic acids is 1. The van der Waals surface area contributed by atoms with Gasteiger partial charge in [0.05, 0.1) is 16.5 Å². The highest BCUT2D eigenvalue weighted by Gasteiger charge is 2.14. The van der Waals surface area contributed by atoms with Crippen LogP contribution in [0.25, 0.3) is 0 Å². The van der Waals surface area contributed by atoms with Crippen LogP contribution in [0, 0.1) is 18.3 Å². The minimum Gasteiger partial charge on any atom is -0.296 e. The number of benzene rings is 1. The van der Waals surface area contributed by atoms with Crippen LogP contribution in [0.15, 0.2) is 34.7 Å². The molecule has 2 heterocycles. The molecule has 1 N–H and O–H groups in total. The van der Waals surface area contributed by atoms with Crippen molar-refractivity contribution >= 4 is 45.5 Å². The lowest BCUT2D eigenvalue weighted by Gasteiger charge is -1.98. The van der Waals surface area contributed by atoms with E-state index in [2.05, 4.69) is 35.4 Å². The van der Waals surface area contributed by atoms with Crippen LogP contribution < -0.4 is 5.32 Å². The third-order valence-corrected chi connectivity index (χ3v) is 6.97. The van der Waals surface area contributed by atoms with Crippen LogP contribution in [0.3, 0.4) is 0 Å². The number of thioether (sulfide) groups is 1. The van der Waals surface area contributed by atoms with Crippen molar-refractivity contribution in [2.75, 3.05) is 5.32 Å². The van der Waals surface area contributed by atoms with Gasteiger partial charge < -0.3 is 0 Å². The molecule has 27 heavy (non-hydrogen) atoms. The van der Waals surface area contributed by atoms with Gasteiger partial charge in [0.15, 0.2) is 4.34 Å². The minimum absolute atomic E-state index is 0.134. The molecular formula is C19H18N4OS3. The largest absolute Gasteiger partial charge is 0.296 e. The predicted molar refractivity (Wildman–Crippen MR) is 112 cm³/mol. The molecule has 0 saturated carbocycles. The first-order chi connectivity index (χ1) is 13.1. The fourth-order valence-corrected chi connectivity index (χ4v) is 5.12. The van der Waals surface area contributed by atoms with Gasteiger partial charge in [-0.3, -0.25) is 10.1 Å². The number of hydrogen-bond acceptors (Lipinski definition) is 7. The minimum atomic E-state index is -0.134. The quantitative estimate of drug-likeness (QED) is 0.420. The Morgan fingerprint density at radius 1 is 1.26 bits per heavy atom. The van der Waals surface area contributed by atoms with Gasteiger partial charge >= 0.3 is 0 Å². The maximum Gasteiger partial charge on any atom is 0.267 e. The number of hydrogen-bond donors (Lipinski definition) is 1. The van der Waals surface area contributed by atoms with Crippen molar-refractivity contribution in [1.29, 1.82) is 5.26 Å². The van der Waals surface area contributed by atoms with Gasteiger partial charge in [0.1, 0.15) is 0 Å². The average molecular weight is 415 g/mol. The highest BCUT2D eigenvalue weighted by molar-refractivity contribution is 8.00. The first kappa shape index (κ1) is 19.5. The Hall–Kier alpha value is -2.21. The lowest BCUT2D eigenvalue weighted by atomic mass is 10.1. The van der Waals surface area contributed by atoms with Gasteiger partial charge in [0.2, 0.25) is 5.13 Å². The molecule has 3 aromatic rings. The molecule has 0 atom stereocenters. The molecule has 8 heteroatoms. The van der Waals surface area contributed by atoms with Crippen molar-refractivity contribution in [3.8, 4) is 6.07 Å². The molecule has 0 aliphatic carbocycles. The lowest BCUT2D eigenvalue weighted by Crippen LogP contribution is -2.09. The summed E-state index contributed by atoms with van der Waals surface area (Å²) in [6.07, 6.45) is 2.05. The summed E-state index contributed by atoms with van der Waals surface area (Å²) in [5.41, 5.74) is 3.00. The Bertz CT molecular complexity index is 970.